The highest BCUT2D eigenvalue weighted by molar-refractivity contribution is 7.90. The lowest BCUT2D eigenvalue weighted by atomic mass is 10.1. The summed E-state index contributed by atoms with van der Waals surface area (Å²) < 4.78 is 29.8. The molecule has 7 nitrogen and oxygen atoms in total. The highest BCUT2D eigenvalue weighted by Crippen LogP contribution is 2.33. The van der Waals surface area contributed by atoms with Gasteiger partial charge in [0.05, 0.1) is 10.9 Å². The van der Waals surface area contributed by atoms with Crippen LogP contribution in [-0.2, 0) is 10.0 Å². The third kappa shape index (κ3) is 2.69. The summed E-state index contributed by atoms with van der Waals surface area (Å²) >= 11 is 1.66. The summed E-state index contributed by atoms with van der Waals surface area (Å²) in [4.78, 5) is 13.4. The number of anilines is 1. The van der Waals surface area contributed by atoms with Crippen molar-refractivity contribution in [3.8, 4) is 0 Å². The Morgan fingerprint density at radius 2 is 2.11 bits per heavy atom. The number of hydrogen-bond donors (Lipinski definition) is 0. The predicted octanol–water partition coefficient (Wildman–Crippen LogP) is 2.35. The van der Waals surface area contributed by atoms with Crippen LogP contribution in [0.5, 0.6) is 0 Å². The minimum Gasteiger partial charge on any atom is -0.354 e. The lowest BCUT2D eigenvalue weighted by molar-refractivity contribution is 0.393. The molecule has 0 bridgehead atoms. The van der Waals surface area contributed by atoms with E-state index < -0.39 is 10.0 Å². The van der Waals surface area contributed by atoms with E-state index in [-0.39, 0.29) is 6.04 Å². The van der Waals surface area contributed by atoms with E-state index in [1.807, 2.05) is 30.1 Å². The lowest BCUT2D eigenvalue weighted by Gasteiger charge is -2.26. The summed E-state index contributed by atoms with van der Waals surface area (Å²) in [5, 5.41) is 0.982. The minimum absolute atomic E-state index is 0.176. The molecule has 138 valence electrons. The summed E-state index contributed by atoms with van der Waals surface area (Å²) in [5.74, 6) is 0.533. The predicted molar refractivity (Wildman–Crippen MR) is 106 cm³/mol. The van der Waals surface area contributed by atoms with Crippen LogP contribution >= 0.6 is 11.3 Å². The first kappa shape index (κ1) is 16.6. The van der Waals surface area contributed by atoms with Crippen molar-refractivity contribution in [3.63, 3.8) is 0 Å². The highest BCUT2D eigenvalue weighted by Gasteiger charge is 2.35. The van der Waals surface area contributed by atoms with Gasteiger partial charge < -0.3 is 9.80 Å². The van der Waals surface area contributed by atoms with E-state index in [0.717, 1.165) is 34.9 Å². The summed E-state index contributed by atoms with van der Waals surface area (Å²) in [6, 6.07) is 9.17. The molecule has 1 unspecified atom stereocenters. The monoisotopic (exact) mass is 399 g/mol. The lowest BCUT2D eigenvalue weighted by Crippen LogP contribution is -2.39. The van der Waals surface area contributed by atoms with Gasteiger partial charge in [-0.25, -0.2) is 4.98 Å². The van der Waals surface area contributed by atoms with Gasteiger partial charge in [0.1, 0.15) is 10.4 Å². The zero-order valence-corrected chi connectivity index (χ0v) is 16.2. The zero-order valence-electron chi connectivity index (χ0n) is 14.6. The maximum atomic E-state index is 12.3. The number of hydrogen-bond acceptors (Lipinski definition) is 7. The van der Waals surface area contributed by atoms with Gasteiger partial charge in [0.25, 0.3) is 10.0 Å². The van der Waals surface area contributed by atoms with Gasteiger partial charge >= 0.3 is 0 Å². The van der Waals surface area contributed by atoms with Crippen molar-refractivity contribution in [2.45, 2.75) is 17.4 Å². The standard InChI is InChI=1S/C18H17N5O2S2/c1-22(17-13-4-2-3-5-16(13)27(24,25)21-17)12-7-9-23(11-12)18-20-14-10-19-8-6-15(14)26-18/h2-6,8,10,12H,7,9,11H2,1H3. The molecule has 2 aliphatic rings. The van der Waals surface area contributed by atoms with E-state index in [9.17, 15) is 8.42 Å². The molecule has 0 saturated carbocycles. The summed E-state index contributed by atoms with van der Waals surface area (Å²) in [7, 11) is -1.67. The van der Waals surface area contributed by atoms with Gasteiger partial charge in [-0.3, -0.25) is 4.98 Å². The number of aromatic nitrogens is 2. The molecule has 2 aromatic heterocycles. The summed E-state index contributed by atoms with van der Waals surface area (Å²) in [6.45, 7) is 1.66. The van der Waals surface area contributed by atoms with E-state index in [4.69, 9.17) is 0 Å². The normalized spacial score (nSPS) is 20.7. The molecule has 3 aromatic rings. The third-order valence-corrected chi connectivity index (χ3v) is 7.53. The maximum absolute atomic E-state index is 12.3. The zero-order chi connectivity index (χ0) is 18.6. The van der Waals surface area contributed by atoms with Crippen LogP contribution in [0.15, 0.2) is 52.0 Å². The second-order valence-electron chi connectivity index (χ2n) is 6.73. The van der Waals surface area contributed by atoms with Gasteiger partial charge in [0.2, 0.25) is 0 Å². The Labute approximate surface area is 161 Å². The van der Waals surface area contributed by atoms with E-state index in [2.05, 4.69) is 19.3 Å². The molecule has 1 saturated heterocycles. The van der Waals surface area contributed by atoms with E-state index >= 15 is 0 Å². The number of benzene rings is 1. The number of sulfonamides is 1. The first-order chi connectivity index (χ1) is 13.0. The topological polar surface area (TPSA) is 78.8 Å². The molecule has 1 fully saturated rings. The molecule has 0 radical (unpaired) electrons. The van der Waals surface area contributed by atoms with Crippen molar-refractivity contribution in [1.82, 2.24) is 14.9 Å². The molecule has 5 rings (SSSR count). The number of nitrogens with zero attached hydrogens (tertiary/aromatic N) is 5. The molecule has 0 amide bonds. The Morgan fingerprint density at radius 1 is 1.26 bits per heavy atom. The molecule has 0 N–H and O–H groups in total. The van der Waals surface area contributed by atoms with E-state index in [0.29, 0.717) is 16.3 Å². The smallest absolute Gasteiger partial charge is 0.285 e. The van der Waals surface area contributed by atoms with E-state index in [1.54, 1.807) is 35.9 Å². The van der Waals surface area contributed by atoms with Crippen LogP contribution in [0.1, 0.15) is 12.0 Å². The van der Waals surface area contributed by atoms with Crippen molar-refractivity contribution in [3.05, 3.63) is 48.3 Å². The Balaban J connectivity index is 1.40. The van der Waals surface area contributed by atoms with Crippen LogP contribution in [0.25, 0.3) is 10.2 Å². The molecule has 0 aliphatic carbocycles. The molecule has 1 aromatic carbocycles. The largest absolute Gasteiger partial charge is 0.354 e. The van der Waals surface area contributed by atoms with Crippen molar-refractivity contribution in [2.75, 3.05) is 25.0 Å². The van der Waals surface area contributed by atoms with Gasteiger partial charge in [0, 0.05) is 37.9 Å². The summed E-state index contributed by atoms with van der Waals surface area (Å²) in [6.07, 6.45) is 4.48. The maximum Gasteiger partial charge on any atom is 0.285 e. The van der Waals surface area contributed by atoms with Crippen molar-refractivity contribution < 1.29 is 8.42 Å². The molecule has 9 heteroatoms. The number of likely N-dealkylation sites (N-methyl/N-ethyl adjacent to an activating group) is 1. The Bertz CT molecular complexity index is 1140. The Morgan fingerprint density at radius 3 is 2.96 bits per heavy atom. The van der Waals surface area contributed by atoms with Gasteiger partial charge in [0.15, 0.2) is 11.0 Å². The number of pyridine rings is 1. The van der Waals surface area contributed by atoms with Crippen LogP contribution in [0.2, 0.25) is 0 Å². The number of rotatable bonds is 2. The van der Waals surface area contributed by atoms with Gasteiger partial charge in [-0.1, -0.05) is 23.5 Å². The number of thiazole rings is 1. The van der Waals surface area contributed by atoms with Gasteiger partial charge in [-0.2, -0.15) is 8.42 Å². The molecular formula is C18H17N5O2S2. The van der Waals surface area contributed by atoms with Crippen molar-refractivity contribution in [2.24, 2.45) is 4.40 Å². The van der Waals surface area contributed by atoms with Crippen molar-refractivity contribution >= 4 is 42.5 Å². The number of fused-ring (bicyclic) bond motifs is 2. The molecule has 4 heterocycles. The first-order valence-corrected chi connectivity index (χ1v) is 10.9. The second-order valence-corrected chi connectivity index (χ2v) is 9.31. The molecule has 27 heavy (non-hydrogen) atoms. The van der Waals surface area contributed by atoms with Crippen LogP contribution in [0.3, 0.4) is 0 Å². The molecule has 1 atom stereocenters. The third-order valence-electron chi connectivity index (χ3n) is 5.11. The Hall–Kier alpha value is -2.52. The Kier molecular flexibility index (Phi) is 3.70. The van der Waals surface area contributed by atoms with Gasteiger partial charge in [-0.15, -0.1) is 4.40 Å². The van der Waals surface area contributed by atoms with Crippen LogP contribution < -0.4 is 4.90 Å². The fourth-order valence-electron chi connectivity index (χ4n) is 3.65. The van der Waals surface area contributed by atoms with Gasteiger partial charge in [-0.05, 0) is 24.6 Å². The van der Waals surface area contributed by atoms with Crippen LogP contribution in [0, 0.1) is 0 Å². The first-order valence-electron chi connectivity index (χ1n) is 8.66. The second kappa shape index (κ2) is 6.00. The van der Waals surface area contributed by atoms with E-state index in [1.165, 1.54) is 0 Å². The number of amidine groups is 1. The minimum atomic E-state index is -3.60. The summed E-state index contributed by atoms with van der Waals surface area (Å²) in [5.41, 5.74) is 1.60. The highest BCUT2D eigenvalue weighted by atomic mass is 32.2. The molecule has 0 spiro atoms. The average Bonchev–Trinajstić information content (AvgIpc) is 3.37. The quantitative estimate of drug-likeness (QED) is 0.658. The van der Waals surface area contributed by atoms with Crippen LogP contribution in [0.4, 0.5) is 5.13 Å². The fourth-order valence-corrected chi connectivity index (χ4v) is 5.86. The van der Waals surface area contributed by atoms with Crippen LogP contribution in [-0.4, -0.2) is 55.3 Å². The molecule has 2 aliphatic heterocycles. The van der Waals surface area contributed by atoms with Crippen molar-refractivity contribution in [1.29, 1.82) is 0 Å². The molecular weight excluding hydrogens is 382 g/mol. The fraction of sp³-hybridized carbons (Fsp3) is 0.278. The SMILES string of the molecule is CN(C1=NS(=O)(=O)c2ccccc21)C1CCN(c2nc3cnccc3s2)C1. The average molecular weight is 400 g/mol.